The number of halogens is 1. The highest BCUT2D eigenvalue weighted by atomic mass is 35.5. The van der Waals surface area contributed by atoms with Crippen LogP contribution >= 0.6 is 11.6 Å². The second-order valence-corrected chi connectivity index (χ2v) is 5.60. The van der Waals surface area contributed by atoms with Crippen molar-refractivity contribution >= 4 is 17.3 Å². The van der Waals surface area contributed by atoms with Gasteiger partial charge in [-0.15, -0.1) is 0 Å². The van der Waals surface area contributed by atoms with E-state index >= 15 is 0 Å². The zero-order chi connectivity index (χ0) is 14.3. The maximum atomic E-state index is 9.03. The van der Waals surface area contributed by atoms with Gasteiger partial charge in [0.15, 0.2) is 0 Å². The van der Waals surface area contributed by atoms with Gasteiger partial charge in [-0.2, -0.15) is 10.4 Å². The molecule has 0 amide bonds. The first-order valence-electron chi connectivity index (χ1n) is 6.75. The molecule has 0 spiro atoms. The molecular weight excluding hydrogens is 274 g/mol. The van der Waals surface area contributed by atoms with E-state index in [9.17, 15) is 0 Å². The maximum absolute atomic E-state index is 9.03. The molecule has 1 saturated heterocycles. The number of fused-ring (bicyclic) bond motifs is 1. The van der Waals surface area contributed by atoms with Crippen LogP contribution in [-0.4, -0.2) is 36.5 Å². The Balaban J connectivity index is 2.05. The molecule has 4 nitrogen and oxygen atoms in total. The van der Waals surface area contributed by atoms with Gasteiger partial charge in [0.2, 0.25) is 0 Å². The summed E-state index contributed by atoms with van der Waals surface area (Å²) in [7, 11) is 1.72. The molecule has 0 radical (unpaired) electrons. The molecule has 0 N–H and O–H groups in total. The van der Waals surface area contributed by atoms with Crippen LogP contribution in [0.2, 0.25) is 5.02 Å². The molecule has 1 fully saturated rings. The summed E-state index contributed by atoms with van der Waals surface area (Å²) in [6.07, 6.45) is 2.25. The minimum Gasteiger partial charge on any atom is -0.373 e. The largest absolute Gasteiger partial charge is 0.373 e. The first kappa shape index (κ1) is 13.4. The van der Waals surface area contributed by atoms with Crippen LogP contribution in [0.15, 0.2) is 17.2 Å². The number of benzene rings is 1. The van der Waals surface area contributed by atoms with Gasteiger partial charge in [-0.25, -0.2) is 0 Å². The van der Waals surface area contributed by atoms with Gasteiger partial charge in [0.1, 0.15) is 12.2 Å². The van der Waals surface area contributed by atoms with Gasteiger partial charge in [0.05, 0.1) is 22.3 Å². The monoisotopic (exact) mass is 289 g/mol. The van der Waals surface area contributed by atoms with Crippen molar-refractivity contribution in [1.82, 2.24) is 5.01 Å². The van der Waals surface area contributed by atoms with Crippen molar-refractivity contribution in [3.05, 3.63) is 33.8 Å². The molecule has 2 heterocycles. The van der Waals surface area contributed by atoms with Crippen molar-refractivity contribution < 1.29 is 4.74 Å². The minimum atomic E-state index is -0.0137. The standard InChI is InChI=1S/C15H16ClN3O/c1-9-11(6-5-10(8-17)13(9)16)14-15(20-2)12-4-3-7-19(12)18-14/h5-6,12,15H,3-4,7H2,1-2H3/t12-,15-/m0/s1. The zero-order valence-corrected chi connectivity index (χ0v) is 12.3. The van der Waals surface area contributed by atoms with Crippen molar-refractivity contribution in [1.29, 1.82) is 5.26 Å². The second-order valence-electron chi connectivity index (χ2n) is 5.23. The number of nitrogens with zero attached hydrogens (tertiary/aromatic N) is 3. The van der Waals surface area contributed by atoms with Crippen LogP contribution in [0.4, 0.5) is 0 Å². The summed E-state index contributed by atoms with van der Waals surface area (Å²) in [6, 6.07) is 6.12. The number of rotatable bonds is 2. The highest BCUT2D eigenvalue weighted by Crippen LogP contribution is 2.33. The Morgan fingerprint density at radius 1 is 1.50 bits per heavy atom. The Hall–Kier alpha value is -1.57. The number of hydrogen-bond donors (Lipinski definition) is 0. The number of ether oxygens (including phenoxy) is 1. The lowest BCUT2D eigenvalue weighted by atomic mass is 9.95. The van der Waals surface area contributed by atoms with Crippen LogP contribution in [-0.2, 0) is 4.74 Å². The molecule has 0 aliphatic carbocycles. The highest BCUT2D eigenvalue weighted by molar-refractivity contribution is 6.33. The zero-order valence-electron chi connectivity index (χ0n) is 11.6. The van der Waals surface area contributed by atoms with Crippen molar-refractivity contribution in [3.8, 4) is 6.07 Å². The second kappa shape index (κ2) is 5.08. The predicted molar refractivity (Wildman–Crippen MR) is 78.0 cm³/mol. The van der Waals surface area contributed by atoms with Crippen molar-refractivity contribution in [2.24, 2.45) is 5.10 Å². The summed E-state index contributed by atoms with van der Waals surface area (Å²) in [5, 5.41) is 16.4. The Morgan fingerprint density at radius 3 is 3.00 bits per heavy atom. The molecule has 0 bridgehead atoms. The van der Waals surface area contributed by atoms with Gasteiger partial charge in [0, 0.05) is 19.2 Å². The quantitative estimate of drug-likeness (QED) is 0.841. The number of nitriles is 1. The van der Waals surface area contributed by atoms with Gasteiger partial charge >= 0.3 is 0 Å². The van der Waals surface area contributed by atoms with E-state index in [0.717, 1.165) is 36.2 Å². The third-order valence-electron chi connectivity index (χ3n) is 4.16. The molecule has 20 heavy (non-hydrogen) atoms. The summed E-state index contributed by atoms with van der Waals surface area (Å²) >= 11 is 6.26. The Labute approximate surface area is 123 Å². The van der Waals surface area contributed by atoms with E-state index < -0.39 is 0 Å². The molecule has 0 aromatic heterocycles. The van der Waals surface area contributed by atoms with Crippen LogP contribution in [0.3, 0.4) is 0 Å². The lowest BCUT2D eigenvalue weighted by Gasteiger charge is -2.20. The van der Waals surface area contributed by atoms with Gasteiger partial charge < -0.3 is 4.74 Å². The van der Waals surface area contributed by atoms with Crippen LogP contribution in [0.25, 0.3) is 0 Å². The van der Waals surface area contributed by atoms with Crippen LogP contribution in [0.5, 0.6) is 0 Å². The Morgan fingerprint density at radius 2 is 2.30 bits per heavy atom. The number of hydrazone groups is 1. The topological polar surface area (TPSA) is 48.6 Å². The summed E-state index contributed by atoms with van der Waals surface area (Å²) in [5.74, 6) is 0. The SMILES string of the molecule is CO[C@@H]1C(c2ccc(C#N)c(Cl)c2C)=NN2CCC[C@@H]12. The molecule has 1 aromatic rings. The van der Waals surface area contributed by atoms with Gasteiger partial charge in [-0.1, -0.05) is 17.7 Å². The summed E-state index contributed by atoms with van der Waals surface area (Å²) < 4.78 is 5.66. The number of hydrogen-bond acceptors (Lipinski definition) is 4. The van der Waals surface area contributed by atoms with Crippen LogP contribution in [0.1, 0.15) is 29.5 Å². The van der Waals surface area contributed by atoms with Crippen LogP contribution in [0, 0.1) is 18.3 Å². The summed E-state index contributed by atoms with van der Waals surface area (Å²) in [4.78, 5) is 0. The molecule has 104 valence electrons. The minimum absolute atomic E-state index is 0.0137. The van der Waals surface area contributed by atoms with Crippen LogP contribution < -0.4 is 0 Å². The average Bonchev–Trinajstić information content (AvgIpc) is 3.02. The lowest BCUT2D eigenvalue weighted by molar-refractivity contribution is 0.0987. The predicted octanol–water partition coefficient (Wildman–Crippen LogP) is 2.72. The molecule has 2 aliphatic heterocycles. The van der Waals surface area contributed by atoms with E-state index in [1.807, 2.05) is 13.0 Å². The van der Waals surface area contributed by atoms with E-state index in [1.165, 1.54) is 0 Å². The molecule has 2 atom stereocenters. The molecule has 2 aliphatic rings. The normalized spacial score (nSPS) is 24.5. The van der Waals surface area contributed by atoms with E-state index in [-0.39, 0.29) is 6.10 Å². The average molecular weight is 290 g/mol. The smallest absolute Gasteiger partial charge is 0.123 e. The van der Waals surface area contributed by atoms with Gasteiger partial charge in [-0.3, -0.25) is 5.01 Å². The fourth-order valence-corrected chi connectivity index (χ4v) is 3.32. The molecule has 1 aromatic carbocycles. The fourth-order valence-electron chi connectivity index (χ4n) is 3.11. The lowest BCUT2D eigenvalue weighted by Crippen LogP contribution is -2.35. The maximum Gasteiger partial charge on any atom is 0.123 e. The Kier molecular flexibility index (Phi) is 3.41. The summed E-state index contributed by atoms with van der Waals surface area (Å²) in [6.45, 7) is 2.91. The van der Waals surface area contributed by atoms with Crippen molar-refractivity contribution in [2.45, 2.75) is 31.9 Å². The van der Waals surface area contributed by atoms with Gasteiger partial charge in [-0.05, 0) is 31.4 Å². The number of methoxy groups -OCH3 is 1. The van der Waals surface area contributed by atoms with Crippen molar-refractivity contribution in [2.75, 3.05) is 13.7 Å². The van der Waals surface area contributed by atoms with E-state index in [0.29, 0.717) is 16.6 Å². The van der Waals surface area contributed by atoms with E-state index in [2.05, 4.69) is 11.1 Å². The van der Waals surface area contributed by atoms with Crippen molar-refractivity contribution in [3.63, 3.8) is 0 Å². The molecule has 5 heteroatoms. The first-order valence-corrected chi connectivity index (χ1v) is 7.12. The molecular formula is C15H16ClN3O. The molecule has 3 rings (SSSR count). The molecule has 0 unspecified atom stereocenters. The third-order valence-corrected chi connectivity index (χ3v) is 4.65. The van der Waals surface area contributed by atoms with E-state index in [4.69, 9.17) is 26.7 Å². The van der Waals surface area contributed by atoms with Gasteiger partial charge in [0.25, 0.3) is 0 Å². The highest BCUT2D eigenvalue weighted by Gasteiger charge is 2.41. The van der Waals surface area contributed by atoms with E-state index in [1.54, 1.807) is 13.2 Å². The summed E-state index contributed by atoms with van der Waals surface area (Å²) in [5.41, 5.74) is 3.31. The first-order chi connectivity index (χ1) is 9.67. The third kappa shape index (κ3) is 1.90. The molecule has 0 saturated carbocycles. The fraction of sp³-hybridized carbons (Fsp3) is 0.467. The Bertz CT molecular complexity index is 620.